The number of hydrogen-bond acceptors (Lipinski definition) is 5. The molecule has 0 aliphatic heterocycles. The Morgan fingerprint density at radius 2 is 0.667 bits per heavy atom. The zero-order chi connectivity index (χ0) is 54.3. The molecule has 0 spiro atoms. The van der Waals surface area contributed by atoms with Crippen molar-refractivity contribution in [3.8, 4) is 0 Å². The Morgan fingerprint density at radius 1 is 0.373 bits per heavy atom. The molecule has 6 heteroatoms. The maximum atomic E-state index is 12.5. The standard InChI is InChI=1S/C69H129NO5/c1-3-5-7-9-11-13-15-17-19-21-22-23-24-25-26-27-30-33-37-41-45-49-53-57-61-67(72)66(65-71)70-68(73)62-58-54-50-46-42-38-34-31-28-29-32-36-40-44-48-52-56-60-64-75-69(74)63-59-55-51-47-43-39-35-20-18-16-14-12-10-8-6-4-2/h14,16,20,31,34-35,57,61,66-67,71-72H,3-13,15,17-19,21-30,32-33,36-56,58-60,62-65H2,1-2H3,(H,70,73)/b16-14-,34-31-,35-20-,61-57+. The average molecular weight is 1050 g/mol. The fourth-order valence-electron chi connectivity index (χ4n) is 10.2. The van der Waals surface area contributed by atoms with Gasteiger partial charge in [-0.25, -0.2) is 0 Å². The summed E-state index contributed by atoms with van der Waals surface area (Å²) in [4.78, 5) is 24.6. The van der Waals surface area contributed by atoms with Crippen LogP contribution in [-0.2, 0) is 14.3 Å². The summed E-state index contributed by atoms with van der Waals surface area (Å²) in [6, 6.07) is -0.641. The van der Waals surface area contributed by atoms with E-state index in [1.807, 2.05) is 6.08 Å². The average Bonchev–Trinajstić information content (AvgIpc) is 3.41. The lowest BCUT2D eigenvalue weighted by Crippen LogP contribution is -2.45. The van der Waals surface area contributed by atoms with Crippen LogP contribution >= 0.6 is 0 Å². The first kappa shape index (κ1) is 72.8. The molecular weight excluding hydrogens is 923 g/mol. The number of carbonyl (C=O) groups excluding carboxylic acids is 2. The van der Waals surface area contributed by atoms with Crippen molar-refractivity contribution in [1.82, 2.24) is 5.32 Å². The van der Waals surface area contributed by atoms with E-state index in [4.69, 9.17) is 4.74 Å². The van der Waals surface area contributed by atoms with Crippen LogP contribution in [0.1, 0.15) is 354 Å². The Bertz CT molecular complexity index is 1260. The van der Waals surface area contributed by atoms with E-state index in [0.717, 1.165) is 70.6 Å². The molecule has 0 aliphatic carbocycles. The molecule has 75 heavy (non-hydrogen) atoms. The van der Waals surface area contributed by atoms with Crippen molar-refractivity contribution in [3.05, 3.63) is 48.6 Å². The van der Waals surface area contributed by atoms with Crippen LogP contribution in [0.2, 0.25) is 0 Å². The van der Waals surface area contributed by atoms with Gasteiger partial charge < -0.3 is 20.3 Å². The number of rotatable bonds is 62. The van der Waals surface area contributed by atoms with E-state index >= 15 is 0 Å². The Labute approximate surface area is 467 Å². The van der Waals surface area contributed by atoms with Crippen LogP contribution in [-0.4, -0.2) is 47.4 Å². The highest BCUT2D eigenvalue weighted by molar-refractivity contribution is 5.76. The molecule has 0 saturated carbocycles. The third-order valence-corrected chi connectivity index (χ3v) is 15.3. The van der Waals surface area contributed by atoms with Gasteiger partial charge in [-0.1, -0.05) is 300 Å². The normalized spacial score (nSPS) is 12.9. The summed E-state index contributed by atoms with van der Waals surface area (Å²) in [5.74, 6) is -0.0911. The van der Waals surface area contributed by atoms with Gasteiger partial charge in [-0.05, 0) is 89.9 Å². The first-order chi connectivity index (χ1) is 37.0. The fourth-order valence-corrected chi connectivity index (χ4v) is 10.2. The Kier molecular flexibility index (Phi) is 62.5. The van der Waals surface area contributed by atoms with Gasteiger partial charge in [0.05, 0.1) is 25.4 Å². The molecule has 0 heterocycles. The third kappa shape index (κ3) is 60.9. The predicted molar refractivity (Wildman–Crippen MR) is 329 cm³/mol. The van der Waals surface area contributed by atoms with E-state index in [1.165, 1.54) is 257 Å². The molecule has 3 N–H and O–H groups in total. The van der Waals surface area contributed by atoms with Gasteiger partial charge in [0.2, 0.25) is 5.91 Å². The molecule has 0 aromatic carbocycles. The molecular formula is C69H129NO5. The van der Waals surface area contributed by atoms with Crippen molar-refractivity contribution in [2.75, 3.05) is 13.2 Å². The lowest BCUT2D eigenvalue weighted by Gasteiger charge is -2.20. The first-order valence-corrected chi connectivity index (χ1v) is 33.4. The second-order valence-corrected chi connectivity index (χ2v) is 22.8. The Hall–Kier alpha value is -2.18. The number of amides is 1. The van der Waals surface area contributed by atoms with E-state index in [1.54, 1.807) is 6.08 Å². The highest BCUT2D eigenvalue weighted by Gasteiger charge is 2.18. The highest BCUT2D eigenvalue weighted by atomic mass is 16.5. The Morgan fingerprint density at radius 3 is 1.04 bits per heavy atom. The van der Waals surface area contributed by atoms with E-state index < -0.39 is 12.1 Å². The molecule has 0 radical (unpaired) electrons. The number of aliphatic hydroxyl groups is 2. The van der Waals surface area contributed by atoms with E-state index in [2.05, 4.69) is 55.6 Å². The summed E-state index contributed by atoms with van der Waals surface area (Å²) in [7, 11) is 0. The molecule has 440 valence electrons. The van der Waals surface area contributed by atoms with Gasteiger partial charge in [-0.15, -0.1) is 0 Å². The van der Waals surface area contributed by atoms with Gasteiger partial charge in [0.25, 0.3) is 0 Å². The second-order valence-electron chi connectivity index (χ2n) is 22.8. The second kappa shape index (κ2) is 64.3. The van der Waals surface area contributed by atoms with Crippen molar-refractivity contribution in [1.29, 1.82) is 0 Å². The predicted octanol–water partition coefficient (Wildman–Crippen LogP) is 21.3. The summed E-state index contributed by atoms with van der Waals surface area (Å²) in [5, 5.41) is 23.2. The van der Waals surface area contributed by atoms with Gasteiger partial charge in [-0.3, -0.25) is 9.59 Å². The monoisotopic (exact) mass is 1050 g/mol. The van der Waals surface area contributed by atoms with E-state index in [9.17, 15) is 19.8 Å². The molecule has 0 saturated heterocycles. The van der Waals surface area contributed by atoms with Crippen LogP contribution in [0, 0.1) is 0 Å². The van der Waals surface area contributed by atoms with Crippen molar-refractivity contribution < 1.29 is 24.5 Å². The van der Waals surface area contributed by atoms with Crippen molar-refractivity contribution >= 4 is 11.9 Å². The zero-order valence-corrected chi connectivity index (χ0v) is 50.3. The largest absolute Gasteiger partial charge is 0.466 e. The number of allylic oxidation sites excluding steroid dienone is 7. The fraction of sp³-hybridized carbons (Fsp3) is 0.855. The van der Waals surface area contributed by atoms with Crippen molar-refractivity contribution in [3.63, 3.8) is 0 Å². The van der Waals surface area contributed by atoms with Gasteiger partial charge in [0.15, 0.2) is 0 Å². The van der Waals surface area contributed by atoms with E-state index in [-0.39, 0.29) is 18.5 Å². The number of carbonyl (C=O) groups is 2. The van der Waals surface area contributed by atoms with Gasteiger partial charge in [-0.2, -0.15) is 0 Å². The lowest BCUT2D eigenvalue weighted by molar-refractivity contribution is -0.143. The number of nitrogens with one attached hydrogen (secondary N) is 1. The van der Waals surface area contributed by atoms with Gasteiger partial charge in [0.1, 0.15) is 0 Å². The van der Waals surface area contributed by atoms with Crippen molar-refractivity contribution in [2.24, 2.45) is 0 Å². The number of esters is 1. The molecule has 2 atom stereocenters. The third-order valence-electron chi connectivity index (χ3n) is 15.3. The van der Waals surface area contributed by atoms with Crippen LogP contribution in [0.3, 0.4) is 0 Å². The molecule has 0 fully saturated rings. The molecule has 0 aromatic rings. The maximum absolute atomic E-state index is 12.5. The highest BCUT2D eigenvalue weighted by Crippen LogP contribution is 2.17. The summed E-state index contributed by atoms with van der Waals surface area (Å²) in [6.45, 7) is 4.89. The minimum Gasteiger partial charge on any atom is -0.466 e. The van der Waals surface area contributed by atoms with Crippen LogP contribution in [0.15, 0.2) is 48.6 Å². The smallest absolute Gasteiger partial charge is 0.305 e. The molecule has 6 nitrogen and oxygen atoms in total. The number of unbranched alkanes of at least 4 members (excludes halogenated alkanes) is 45. The van der Waals surface area contributed by atoms with Crippen LogP contribution in [0.4, 0.5) is 0 Å². The number of ether oxygens (including phenoxy) is 1. The maximum Gasteiger partial charge on any atom is 0.305 e. The molecule has 0 aromatic heterocycles. The molecule has 0 aliphatic rings. The molecule has 2 unspecified atom stereocenters. The minimum absolute atomic E-state index is 0.0111. The van der Waals surface area contributed by atoms with Crippen LogP contribution in [0.25, 0.3) is 0 Å². The van der Waals surface area contributed by atoms with Gasteiger partial charge >= 0.3 is 5.97 Å². The summed E-state index contributed by atoms with van der Waals surface area (Å²) in [6.07, 6.45) is 83.0. The van der Waals surface area contributed by atoms with Crippen molar-refractivity contribution in [2.45, 2.75) is 366 Å². The van der Waals surface area contributed by atoms with Gasteiger partial charge in [0, 0.05) is 12.8 Å². The number of hydrogen-bond donors (Lipinski definition) is 3. The lowest BCUT2D eigenvalue weighted by atomic mass is 10.0. The molecule has 1 amide bonds. The summed E-state index contributed by atoms with van der Waals surface area (Å²) < 4.78 is 5.48. The quantitative estimate of drug-likeness (QED) is 0.0320. The summed E-state index contributed by atoms with van der Waals surface area (Å²) >= 11 is 0. The molecule has 0 bridgehead atoms. The summed E-state index contributed by atoms with van der Waals surface area (Å²) in [5.41, 5.74) is 0. The first-order valence-electron chi connectivity index (χ1n) is 33.4. The topological polar surface area (TPSA) is 95.9 Å². The minimum atomic E-state index is -0.856. The zero-order valence-electron chi connectivity index (χ0n) is 50.3. The SMILES string of the molecule is CCCCCC/C=C\C/C=C\CCCCCCCC(=O)OCCCCCCCCCCC/C=C\CCCCCCCC(=O)NC(CO)C(O)/C=C/CCCCCCCCCCCCCCCCCCCCCCCC. The number of aliphatic hydroxyl groups excluding tert-OH is 2. The molecule has 0 rings (SSSR count). The Balaban J connectivity index is 3.48. The van der Waals surface area contributed by atoms with Crippen LogP contribution in [0.5, 0.6) is 0 Å². The van der Waals surface area contributed by atoms with Crippen LogP contribution < -0.4 is 5.32 Å². The van der Waals surface area contributed by atoms with E-state index in [0.29, 0.717) is 19.4 Å².